The van der Waals surface area contributed by atoms with Crippen LogP contribution in [0.2, 0.25) is 0 Å². The molecule has 1 amide bonds. The van der Waals surface area contributed by atoms with Gasteiger partial charge in [0.1, 0.15) is 11.5 Å². The van der Waals surface area contributed by atoms with E-state index in [9.17, 15) is 4.79 Å². The van der Waals surface area contributed by atoms with Gasteiger partial charge in [-0.1, -0.05) is 29.3 Å². The third-order valence-electron chi connectivity index (χ3n) is 3.44. The molecule has 6 heteroatoms. The first-order valence-corrected chi connectivity index (χ1v) is 8.81. The molecule has 5 nitrogen and oxygen atoms in total. The van der Waals surface area contributed by atoms with Crippen molar-refractivity contribution < 1.29 is 14.3 Å². The Hall–Kier alpha value is -2.34. The quantitative estimate of drug-likeness (QED) is 0.530. The summed E-state index contributed by atoms with van der Waals surface area (Å²) in [5, 5.41) is 4.00. The molecule has 1 atom stereocenters. The molecule has 1 N–H and O–H groups in total. The molecule has 0 radical (unpaired) electrons. The monoisotopic (exact) mass is 404 g/mol. The fraction of sp³-hybridized carbons (Fsp3) is 0.263. The summed E-state index contributed by atoms with van der Waals surface area (Å²) < 4.78 is 11.8. The van der Waals surface area contributed by atoms with Crippen LogP contribution in [0.25, 0.3) is 0 Å². The van der Waals surface area contributed by atoms with E-state index in [2.05, 4.69) is 26.5 Å². The number of hydrogen-bond donors (Lipinski definition) is 1. The van der Waals surface area contributed by atoms with Crippen LogP contribution < -0.4 is 14.9 Å². The maximum atomic E-state index is 12.3. The molecule has 0 aliphatic heterocycles. The van der Waals surface area contributed by atoms with Crippen LogP contribution in [0.3, 0.4) is 0 Å². The lowest BCUT2D eigenvalue weighted by Crippen LogP contribution is -2.35. The summed E-state index contributed by atoms with van der Waals surface area (Å²) in [7, 11) is 1.61. The van der Waals surface area contributed by atoms with Crippen molar-refractivity contribution in [3.05, 3.63) is 58.6 Å². The lowest BCUT2D eigenvalue weighted by atomic mass is 10.2. The highest BCUT2D eigenvalue weighted by molar-refractivity contribution is 9.10. The molecule has 2 rings (SSSR count). The summed E-state index contributed by atoms with van der Waals surface area (Å²) in [4.78, 5) is 12.3. The van der Waals surface area contributed by atoms with Crippen LogP contribution in [0.5, 0.6) is 11.5 Å². The number of ether oxygens (including phenoxy) is 2. The second-order valence-electron chi connectivity index (χ2n) is 5.36. The molecule has 0 spiro atoms. The van der Waals surface area contributed by atoms with Crippen molar-refractivity contribution in [2.75, 3.05) is 7.11 Å². The van der Waals surface area contributed by atoms with Gasteiger partial charge in [-0.25, -0.2) is 5.43 Å². The van der Waals surface area contributed by atoms with E-state index in [1.54, 1.807) is 13.3 Å². The summed E-state index contributed by atoms with van der Waals surface area (Å²) in [5.74, 6) is 1.15. The molecule has 0 aromatic heterocycles. The van der Waals surface area contributed by atoms with Crippen LogP contribution >= 0.6 is 15.9 Å². The largest absolute Gasteiger partial charge is 0.497 e. The lowest BCUT2D eigenvalue weighted by Gasteiger charge is -2.16. The highest BCUT2D eigenvalue weighted by atomic mass is 79.9. The van der Waals surface area contributed by atoms with Crippen molar-refractivity contribution in [3.8, 4) is 11.5 Å². The van der Waals surface area contributed by atoms with E-state index in [0.29, 0.717) is 12.2 Å². The number of benzene rings is 2. The van der Waals surface area contributed by atoms with Gasteiger partial charge in [-0.2, -0.15) is 5.10 Å². The van der Waals surface area contributed by atoms with Crippen LogP contribution in [0.1, 0.15) is 25.3 Å². The Morgan fingerprint density at radius 3 is 2.40 bits per heavy atom. The smallest absolute Gasteiger partial charge is 0.281 e. The molecule has 2 aromatic rings. The van der Waals surface area contributed by atoms with Crippen LogP contribution in [0, 0.1) is 0 Å². The average molecular weight is 405 g/mol. The van der Waals surface area contributed by atoms with E-state index >= 15 is 0 Å². The van der Waals surface area contributed by atoms with Gasteiger partial charge in [-0.15, -0.1) is 0 Å². The van der Waals surface area contributed by atoms with Crippen LogP contribution in [0.15, 0.2) is 58.1 Å². The Morgan fingerprint density at radius 2 is 1.80 bits per heavy atom. The lowest BCUT2D eigenvalue weighted by molar-refractivity contribution is -0.128. The molecule has 0 aliphatic rings. The van der Waals surface area contributed by atoms with Gasteiger partial charge < -0.3 is 9.47 Å². The van der Waals surface area contributed by atoms with Crippen molar-refractivity contribution >= 4 is 28.1 Å². The highest BCUT2D eigenvalue weighted by Gasteiger charge is 2.19. The van der Waals surface area contributed by atoms with Crippen molar-refractivity contribution in [1.82, 2.24) is 5.43 Å². The van der Waals surface area contributed by atoms with Crippen molar-refractivity contribution in [1.29, 1.82) is 0 Å². The number of halogens is 1. The van der Waals surface area contributed by atoms with Gasteiger partial charge in [0, 0.05) is 4.47 Å². The second-order valence-corrected chi connectivity index (χ2v) is 6.27. The summed E-state index contributed by atoms with van der Waals surface area (Å²) in [6, 6.07) is 14.8. The SMILES string of the molecule is CCCC(Oc1ccc(Br)cc1)C(=O)NN=Cc1ccc(OC)cc1. The number of carbonyl (C=O) groups excluding carboxylic acids is 1. The molecule has 1 unspecified atom stereocenters. The molecule has 0 saturated heterocycles. The van der Waals surface area contributed by atoms with Gasteiger partial charge in [0.05, 0.1) is 13.3 Å². The van der Waals surface area contributed by atoms with E-state index in [1.807, 2.05) is 55.5 Å². The minimum atomic E-state index is -0.584. The van der Waals surface area contributed by atoms with Crippen LogP contribution in [-0.4, -0.2) is 25.3 Å². The van der Waals surface area contributed by atoms with Crippen molar-refractivity contribution in [2.24, 2.45) is 5.10 Å². The summed E-state index contributed by atoms with van der Waals surface area (Å²) in [6.45, 7) is 2.01. The first-order valence-electron chi connectivity index (χ1n) is 8.01. The summed E-state index contributed by atoms with van der Waals surface area (Å²) >= 11 is 3.37. The summed E-state index contributed by atoms with van der Waals surface area (Å²) in [5.41, 5.74) is 3.40. The minimum absolute atomic E-state index is 0.269. The van der Waals surface area contributed by atoms with Crippen LogP contribution in [0.4, 0.5) is 0 Å². The first kappa shape index (κ1) is 19.0. The zero-order valence-electron chi connectivity index (χ0n) is 14.2. The molecule has 0 heterocycles. The molecule has 2 aromatic carbocycles. The van der Waals surface area contributed by atoms with Gasteiger partial charge in [0.25, 0.3) is 5.91 Å². The molecule has 132 valence electrons. The van der Waals surface area contributed by atoms with Crippen molar-refractivity contribution in [2.45, 2.75) is 25.9 Å². The zero-order chi connectivity index (χ0) is 18.1. The highest BCUT2D eigenvalue weighted by Crippen LogP contribution is 2.18. The third kappa shape index (κ3) is 6.23. The Bertz CT molecular complexity index is 700. The van der Waals surface area contributed by atoms with Gasteiger partial charge in [-0.3, -0.25) is 4.79 Å². The topological polar surface area (TPSA) is 59.9 Å². The van der Waals surface area contributed by atoms with E-state index < -0.39 is 6.10 Å². The standard InChI is InChI=1S/C19H21BrN2O3/c1-3-4-18(25-17-11-7-15(20)8-12-17)19(23)22-21-13-14-5-9-16(24-2)10-6-14/h5-13,18H,3-4H2,1-2H3,(H,22,23). The number of nitrogens with one attached hydrogen (secondary N) is 1. The average Bonchev–Trinajstić information content (AvgIpc) is 2.63. The van der Waals surface area contributed by atoms with E-state index in [4.69, 9.17) is 9.47 Å². The summed E-state index contributed by atoms with van der Waals surface area (Å²) in [6.07, 6.45) is 2.44. The number of rotatable bonds is 8. The van der Waals surface area contributed by atoms with E-state index in [0.717, 1.165) is 22.2 Å². The number of hydrazone groups is 1. The Kier molecular flexibility index (Phi) is 7.47. The predicted molar refractivity (Wildman–Crippen MR) is 102 cm³/mol. The normalized spacial score (nSPS) is 12.0. The van der Waals surface area contributed by atoms with E-state index in [1.165, 1.54) is 0 Å². The molecular formula is C19H21BrN2O3. The van der Waals surface area contributed by atoms with Gasteiger partial charge in [0.2, 0.25) is 0 Å². The second kappa shape index (κ2) is 9.84. The number of nitrogens with zero attached hydrogens (tertiary/aromatic N) is 1. The molecule has 0 saturated carbocycles. The molecular weight excluding hydrogens is 384 g/mol. The number of hydrogen-bond acceptors (Lipinski definition) is 4. The first-order chi connectivity index (χ1) is 12.1. The Balaban J connectivity index is 1.94. The zero-order valence-corrected chi connectivity index (χ0v) is 15.8. The maximum absolute atomic E-state index is 12.3. The Morgan fingerprint density at radius 1 is 1.16 bits per heavy atom. The maximum Gasteiger partial charge on any atom is 0.281 e. The fourth-order valence-electron chi connectivity index (χ4n) is 2.12. The van der Waals surface area contributed by atoms with Crippen molar-refractivity contribution in [3.63, 3.8) is 0 Å². The van der Waals surface area contributed by atoms with Gasteiger partial charge in [-0.05, 0) is 60.5 Å². The molecule has 0 aliphatic carbocycles. The predicted octanol–water partition coefficient (Wildman–Crippen LogP) is 4.16. The van der Waals surface area contributed by atoms with E-state index in [-0.39, 0.29) is 5.91 Å². The number of amides is 1. The minimum Gasteiger partial charge on any atom is -0.497 e. The molecule has 0 fully saturated rings. The van der Waals surface area contributed by atoms with Crippen LogP contribution in [-0.2, 0) is 4.79 Å². The fourth-order valence-corrected chi connectivity index (χ4v) is 2.38. The van der Waals surface area contributed by atoms with Gasteiger partial charge in [0.15, 0.2) is 6.10 Å². The third-order valence-corrected chi connectivity index (χ3v) is 3.97. The van der Waals surface area contributed by atoms with Gasteiger partial charge >= 0.3 is 0 Å². The molecule has 0 bridgehead atoms. The Labute approximate surface area is 156 Å². The number of methoxy groups -OCH3 is 1. The number of carbonyl (C=O) groups is 1. The molecule has 25 heavy (non-hydrogen) atoms.